The summed E-state index contributed by atoms with van der Waals surface area (Å²) in [7, 11) is 0. The Kier molecular flexibility index (Phi) is 3.35. The van der Waals surface area contributed by atoms with E-state index in [4.69, 9.17) is 15.6 Å². The van der Waals surface area contributed by atoms with Crippen molar-refractivity contribution in [2.45, 2.75) is 18.9 Å². The van der Waals surface area contributed by atoms with Crippen LogP contribution in [-0.4, -0.2) is 52.8 Å². The molecule has 4 aliphatic heterocycles. The third kappa shape index (κ3) is 2.15. The molecule has 3 atom stereocenters. The van der Waals surface area contributed by atoms with Crippen molar-refractivity contribution in [1.82, 2.24) is 4.90 Å². The van der Waals surface area contributed by atoms with Gasteiger partial charge in [0.2, 0.25) is 5.70 Å². The Bertz CT molecular complexity index is 584. The molecule has 1 unspecified atom stereocenters. The number of hydrogen-bond donors (Lipinski definition) is 1. The summed E-state index contributed by atoms with van der Waals surface area (Å²) in [5.74, 6) is 6.85. The van der Waals surface area contributed by atoms with E-state index in [0.717, 1.165) is 55.3 Å². The third-order valence-corrected chi connectivity index (χ3v) is 5.57. The molecule has 0 radical (unpaired) electrons. The van der Waals surface area contributed by atoms with Gasteiger partial charge in [-0.3, -0.25) is 9.89 Å². The lowest BCUT2D eigenvalue weighted by Crippen LogP contribution is -2.52. The molecule has 0 spiro atoms. The highest BCUT2D eigenvalue weighted by Crippen LogP contribution is 2.38. The molecule has 0 amide bonds. The van der Waals surface area contributed by atoms with Crippen molar-refractivity contribution in [3.05, 3.63) is 23.8 Å². The number of nitrogens with zero attached hydrogens (tertiary/aromatic N) is 4. The second-order valence-corrected chi connectivity index (χ2v) is 6.71. The molecule has 112 valence electrons. The predicted molar refractivity (Wildman–Crippen MR) is 84.4 cm³/mol. The van der Waals surface area contributed by atoms with Crippen LogP contribution in [0.2, 0.25) is 0 Å². The zero-order chi connectivity index (χ0) is 14.4. The third-order valence-electron chi connectivity index (χ3n) is 4.80. The zero-order valence-electron chi connectivity index (χ0n) is 11.8. The summed E-state index contributed by atoms with van der Waals surface area (Å²) in [4.78, 5) is 11.5. The van der Waals surface area contributed by atoms with Crippen LogP contribution in [0.1, 0.15) is 12.8 Å². The lowest BCUT2D eigenvalue weighted by atomic mass is 9.89. The summed E-state index contributed by atoms with van der Waals surface area (Å²) in [6, 6.07) is 0.575. The van der Waals surface area contributed by atoms with E-state index in [1.165, 1.54) is 0 Å². The van der Waals surface area contributed by atoms with Crippen LogP contribution in [-0.2, 0) is 4.74 Å². The van der Waals surface area contributed by atoms with Crippen molar-refractivity contribution in [1.29, 1.82) is 0 Å². The van der Waals surface area contributed by atoms with Crippen LogP contribution in [0.5, 0.6) is 0 Å². The number of amidine groups is 1. The van der Waals surface area contributed by atoms with Crippen molar-refractivity contribution < 1.29 is 9.33 Å². The summed E-state index contributed by atoms with van der Waals surface area (Å²) in [5.41, 5.74) is 2.07. The number of rotatable bonds is 1. The number of morpholine rings is 1. The van der Waals surface area contributed by atoms with Gasteiger partial charge in [0.1, 0.15) is 11.9 Å². The molecule has 4 heterocycles. The fraction of sp³-hybridized carbons (Fsp3) is 0.571. The van der Waals surface area contributed by atoms with Crippen molar-refractivity contribution in [3.63, 3.8) is 0 Å². The van der Waals surface area contributed by atoms with Gasteiger partial charge in [-0.15, -0.1) is 4.59 Å². The van der Waals surface area contributed by atoms with Gasteiger partial charge in [-0.1, -0.05) is 0 Å². The Hall–Kier alpha value is -0.860. The van der Waals surface area contributed by atoms with Crippen LogP contribution in [0.3, 0.4) is 0 Å². The van der Waals surface area contributed by atoms with Crippen LogP contribution >= 0.6 is 15.9 Å². The van der Waals surface area contributed by atoms with Crippen molar-refractivity contribution >= 4 is 26.9 Å². The van der Waals surface area contributed by atoms with Crippen LogP contribution in [0.4, 0.5) is 0 Å². The number of halogens is 1. The normalized spacial score (nSPS) is 39.2. The molecule has 21 heavy (non-hydrogen) atoms. The minimum Gasteiger partial charge on any atom is -0.378 e. The van der Waals surface area contributed by atoms with Gasteiger partial charge in [0.15, 0.2) is 0 Å². The molecule has 0 aliphatic carbocycles. The van der Waals surface area contributed by atoms with Gasteiger partial charge in [-0.05, 0) is 12.8 Å². The highest BCUT2D eigenvalue weighted by Gasteiger charge is 2.45. The van der Waals surface area contributed by atoms with Crippen LogP contribution < -0.4 is 5.84 Å². The number of hydrogen-bond acceptors (Lipinski definition) is 5. The predicted octanol–water partition coefficient (Wildman–Crippen LogP) is 1.32. The Morgan fingerprint density at radius 3 is 3.24 bits per heavy atom. The summed E-state index contributed by atoms with van der Waals surface area (Å²) in [5, 5.41) is 0. The number of fused-ring (bicyclic) bond motifs is 2. The van der Waals surface area contributed by atoms with Gasteiger partial charge in [-0.2, -0.15) is 10.8 Å². The van der Waals surface area contributed by atoms with Gasteiger partial charge in [0.05, 0.1) is 25.6 Å². The average Bonchev–Trinajstić information content (AvgIpc) is 2.79. The van der Waals surface area contributed by atoms with E-state index in [-0.39, 0.29) is 4.59 Å². The first-order chi connectivity index (χ1) is 10.2. The van der Waals surface area contributed by atoms with Crippen LogP contribution in [0.25, 0.3) is 0 Å². The van der Waals surface area contributed by atoms with Gasteiger partial charge < -0.3 is 4.74 Å². The van der Waals surface area contributed by atoms with Crippen LogP contribution in [0, 0.1) is 5.92 Å². The smallest absolute Gasteiger partial charge is 0.301 e. The second-order valence-electron chi connectivity index (χ2n) is 6.00. The molecule has 0 aromatic rings. The van der Waals surface area contributed by atoms with E-state index in [2.05, 4.69) is 25.8 Å². The maximum atomic E-state index is 6.43. The molecular formula is C14H19BrN5O+. The number of allylic oxidation sites excluding steroid dienone is 1. The summed E-state index contributed by atoms with van der Waals surface area (Å²) >= 11 is 3.52. The van der Waals surface area contributed by atoms with Gasteiger partial charge in [0, 0.05) is 41.0 Å². The Morgan fingerprint density at radius 1 is 1.43 bits per heavy atom. The molecule has 2 fully saturated rings. The standard InChI is InChI=1S/C14H19BrN5O/c15-14-18-13(12-7-17-3-5-20(12,14)16)10-1-2-11-9-21-6-4-19(11)8-10/h3,5,7,10-11H,1-2,4,6,8-9,16H2/q+1/t10-,11+,20?/m0/s1. The molecule has 0 aromatic heterocycles. The Labute approximate surface area is 132 Å². The molecule has 0 aromatic carbocycles. The van der Waals surface area contributed by atoms with E-state index in [0.29, 0.717) is 12.0 Å². The molecule has 2 N–H and O–H groups in total. The molecule has 4 rings (SSSR count). The number of piperidine rings is 1. The van der Waals surface area contributed by atoms with Crippen LogP contribution in [0.15, 0.2) is 33.8 Å². The molecule has 0 saturated carbocycles. The van der Waals surface area contributed by atoms with Gasteiger partial charge in [0.25, 0.3) is 0 Å². The molecule has 6 nitrogen and oxygen atoms in total. The lowest BCUT2D eigenvalue weighted by Gasteiger charge is -2.42. The lowest BCUT2D eigenvalue weighted by molar-refractivity contribution is -0.746. The maximum absolute atomic E-state index is 6.43. The molecule has 7 heteroatoms. The first kappa shape index (κ1) is 13.8. The number of nitrogens with two attached hydrogens (primary N) is 1. The molecule has 2 saturated heterocycles. The van der Waals surface area contributed by atoms with Gasteiger partial charge >= 0.3 is 4.74 Å². The fourth-order valence-electron chi connectivity index (χ4n) is 3.58. The average molecular weight is 353 g/mol. The largest absolute Gasteiger partial charge is 0.378 e. The monoisotopic (exact) mass is 352 g/mol. The molecular weight excluding hydrogens is 334 g/mol. The first-order valence-electron chi connectivity index (χ1n) is 7.38. The highest BCUT2D eigenvalue weighted by atomic mass is 79.9. The number of ether oxygens (including phenoxy) is 1. The minimum absolute atomic E-state index is 0.113. The summed E-state index contributed by atoms with van der Waals surface area (Å²) < 4.78 is 6.42. The molecule has 0 bridgehead atoms. The topological polar surface area (TPSA) is 63.2 Å². The number of aliphatic imine (C=N–C) groups is 2. The Morgan fingerprint density at radius 2 is 2.33 bits per heavy atom. The SMILES string of the molecule is N[N+]12C=CN=CC1=C([C@H]1CC[C@@H]3COCCN3C1)N=C2Br. The maximum Gasteiger partial charge on any atom is 0.301 e. The first-order valence-corrected chi connectivity index (χ1v) is 8.17. The van der Waals surface area contributed by atoms with E-state index >= 15 is 0 Å². The van der Waals surface area contributed by atoms with Crippen molar-refractivity contribution in [3.8, 4) is 0 Å². The zero-order valence-corrected chi connectivity index (χ0v) is 13.4. The fourth-order valence-corrected chi connectivity index (χ4v) is 4.08. The quantitative estimate of drug-likeness (QED) is 0.439. The summed E-state index contributed by atoms with van der Waals surface area (Å²) in [6.07, 6.45) is 7.72. The van der Waals surface area contributed by atoms with E-state index in [1.54, 1.807) is 6.20 Å². The van der Waals surface area contributed by atoms with Crippen molar-refractivity contribution in [2.24, 2.45) is 21.7 Å². The minimum atomic E-state index is 0.113. The van der Waals surface area contributed by atoms with Gasteiger partial charge in [-0.25, -0.2) is 0 Å². The van der Waals surface area contributed by atoms with E-state index in [1.807, 2.05) is 12.4 Å². The van der Waals surface area contributed by atoms with Crippen molar-refractivity contribution in [2.75, 3.05) is 26.3 Å². The second kappa shape index (κ2) is 5.10. The highest BCUT2D eigenvalue weighted by molar-refractivity contribution is 9.18. The van der Waals surface area contributed by atoms with E-state index < -0.39 is 0 Å². The van der Waals surface area contributed by atoms with E-state index in [9.17, 15) is 0 Å². The Balaban J connectivity index is 1.63. The summed E-state index contributed by atoms with van der Waals surface area (Å²) in [6.45, 7) is 3.76. The molecule has 4 aliphatic rings. The number of quaternary nitrogens is 1.